The van der Waals surface area contributed by atoms with E-state index < -0.39 is 0 Å². The highest BCUT2D eigenvalue weighted by Crippen LogP contribution is 2.27. The fourth-order valence-corrected chi connectivity index (χ4v) is 3.79. The van der Waals surface area contributed by atoms with Gasteiger partial charge in [-0.25, -0.2) is 0 Å². The van der Waals surface area contributed by atoms with Gasteiger partial charge in [0.2, 0.25) is 0 Å². The summed E-state index contributed by atoms with van der Waals surface area (Å²) in [5.74, 6) is 1.06. The average Bonchev–Trinajstić information content (AvgIpc) is 3.17. The van der Waals surface area contributed by atoms with Gasteiger partial charge in [0, 0.05) is 24.4 Å². The van der Waals surface area contributed by atoms with Crippen molar-refractivity contribution >= 4 is 11.5 Å². The smallest absolute Gasteiger partial charge is 0.137 e. The normalized spacial score (nSPS) is 21.1. The topological polar surface area (TPSA) is 28.1 Å². The Hall–Kier alpha value is -2.17. The molecule has 0 aromatic heterocycles. The van der Waals surface area contributed by atoms with Gasteiger partial charge < -0.3 is 9.64 Å². The van der Waals surface area contributed by atoms with Crippen LogP contribution in [0.1, 0.15) is 29.5 Å². The van der Waals surface area contributed by atoms with Crippen LogP contribution in [-0.4, -0.2) is 43.3 Å². The lowest BCUT2D eigenvalue weighted by molar-refractivity contribution is 0.0739. The van der Waals surface area contributed by atoms with E-state index in [1.54, 1.807) is 0 Å². The molecule has 2 heterocycles. The largest absolute Gasteiger partial charge is 0.377 e. The molecular formula is C22H27N3O. The first-order chi connectivity index (χ1) is 12.7. The van der Waals surface area contributed by atoms with Crippen LogP contribution in [0.3, 0.4) is 0 Å². The molecule has 0 spiro atoms. The van der Waals surface area contributed by atoms with Crippen molar-refractivity contribution < 1.29 is 4.74 Å². The second kappa shape index (κ2) is 7.60. The highest BCUT2D eigenvalue weighted by molar-refractivity contribution is 6.10. The molecule has 2 aliphatic heterocycles. The lowest BCUT2D eigenvalue weighted by atomic mass is 10.1. The average molecular weight is 349 g/mol. The minimum absolute atomic E-state index is 0.351. The zero-order valence-corrected chi connectivity index (χ0v) is 15.7. The number of ether oxygens (including phenoxy) is 1. The molecule has 4 nitrogen and oxygen atoms in total. The minimum Gasteiger partial charge on any atom is -0.377 e. The molecular weight excluding hydrogens is 322 g/mol. The Morgan fingerprint density at radius 1 is 1.12 bits per heavy atom. The van der Waals surface area contributed by atoms with Gasteiger partial charge in [0.25, 0.3) is 0 Å². The minimum atomic E-state index is 0.351. The summed E-state index contributed by atoms with van der Waals surface area (Å²) >= 11 is 0. The number of benzene rings is 2. The molecule has 2 aliphatic rings. The van der Waals surface area contributed by atoms with Crippen molar-refractivity contribution in [1.29, 1.82) is 0 Å². The monoisotopic (exact) mass is 349 g/mol. The van der Waals surface area contributed by atoms with E-state index in [9.17, 15) is 0 Å². The van der Waals surface area contributed by atoms with Crippen LogP contribution in [0.4, 0.5) is 5.69 Å². The summed E-state index contributed by atoms with van der Waals surface area (Å²) < 4.78 is 5.84. The van der Waals surface area contributed by atoms with E-state index in [0.717, 1.165) is 38.7 Å². The number of aliphatic imine (C=N–C) groups is 1. The number of hydrogen-bond donors (Lipinski definition) is 0. The van der Waals surface area contributed by atoms with Gasteiger partial charge in [0.1, 0.15) is 5.84 Å². The Morgan fingerprint density at radius 3 is 2.73 bits per heavy atom. The molecule has 136 valence electrons. The van der Waals surface area contributed by atoms with Crippen LogP contribution in [0, 0.1) is 13.8 Å². The second-order valence-electron chi connectivity index (χ2n) is 7.34. The highest BCUT2D eigenvalue weighted by atomic mass is 16.5. The van der Waals surface area contributed by atoms with Crippen LogP contribution in [-0.2, 0) is 4.74 Å². The van der Waals surface area contributed by atoms with Crippen molar-refractivity contribution in [3.8, 4) is 0 Å². The van der Waals surface area contributed by atoms with Crippen LogP contribution < -0.4 is 4.90 Å². The Labute approximate surface area is 156 Å². The van der Waals surface area contributed by atoms with Crippen LogP contribution in [0.25, 0.3) is 0 Å². The summed E-state index contributed by atoms with van der Waals surface area (Å²) in [6.45, 7) is 7.75. The Balaban J connectivity index is 1.66. The SMILES string of the molecule is Cc1ccc(C)c(N2CN(C[C@@H]3CCCO3)CN=C2c2ccccc2)c1. The molecule has 1 atom stereocenters. The van der Waals surface area contributed by atoms with Crippen molar-refractivity contribution in [3.63, 3.8) is 0 Å². The van der Waals surface area contributed by atoms with Gasteiger partial charge in [0.05, 0.1) is 19.4 Å². The Morgan fingerprint density at radius 2 is 1.96 bits per heavy atom. The van der Waals surface area contributed by atoms with E-state index in [2.05, 4.69) is 72.2 Å². The molecule has 4 heteroatoms. The quantitative estimate of drug-likeness (QED) is 0.836. The zero-order chi connectivity index (χ0) is 17.9. The van der Waals surface area contributed by atoms with Gasteiger partial charge in [0.15, 0.2) is 0 Å². The molecule has 0 saturated carbocycles. The summed E-state index contributed by atoms with van der Waals surface area (Å²) in [4.78, 5) is 9.72. The predicted octanol–water partition coefficient (Wildman–Crippen LogP) is 3.97. The van der Waals surface area contributed by atoms with Crippen molar-refractivity contribution in [2.75, 3.05) is 31.4 Å². The molecule has 4 rings (SSSR count). The fraction of sp³-hybridized carbons (Fsp3) is 0.409. The maximum Gasteiger partial charge on any atom is 0.137 e. The van der Waals surface area contributed by atoms with Crippen molar-refractivity contribution in [3.05, 3.63) is 65.2 Å². The third-order valence-corrected chi connectivity index (χ3v) is 5.19. The molecule has 2 aromatic rings. The van der Waals surface area contributed by atoms with E-state index in [1.807, 2.05) is 0 Å². The number of aryl methyl sites for hydroxylation is 2. The van der Waals surface area contributed by atoms with Gasteiger partial charge in [-0.2, -0.15) is 0 Å². The van der Waals surface area contributed by atoms with Crippen LogP contribution in [0.2, 0.25) is 0 Å². The molecule has 1 saturated heterocycles. The summed E-state index contributed by atoms with van der Waals surface area (Å²) in [5, 5.41) is 0. The molecule has 0 unspecified atom stereocenters. The first kappa shape index (κ1) is 17.3. The van der Waals surface area contributed by atoms with Crippen LogP contribution in [0.15, 0.2) is 53.5 Å². The van der Waals surface area contributed by atoms with Gasteiger partial charge in [-0.05, 0) is 43.9 Å². The van der Waals surface area contributed by atoms with Crippen LogP contribution in [0.5, 0.6) is 0 Å². The molecule has 0 amide bonds. The van der Waals surface area contributed by atoms with Crippen molar-refractivity contribution in [2.24, 2.45) is 4.99 Å². The van der Waals surface area contributed by atoms with Crippen molar-refractivity contribution in [2.45, 2.75) is 32.8 Å². The second-order valence-corrected chi connectivity index (χ2v) is 7.34. The summed E-state index contributed by atoms with van der Waals surface area (Å²) in [6.07, 6.45) is 2.69. The molecule has 26 heavy (non-hydrogen) atoms. The maximum absolute atomic E-state index is 5.84. The van der Waals surface area contributed by atoms with E-state index in [-0.39, 0.29) is 0 Å². The fourth-order valence-electron chi connectivity index (χ4n) is 3.79. The number of anilines is 1. The summed E-state index contributed by atoms with van der Waals surface area (Å²) in [5.41, 5.74) is 4.96. The molecule has 0 N–H and O–H groups in total. The Bertz CT molecular complexity index is 781. The molecule has 0 bridgehead atoms. The molecule has 1 fully saturated rings. The number of hydrogen-bond acceptors (Lipinski definition) is 4. The lowest BCUT2D eigenvalue weighted by Gasteiger charge is -2.38. The number of rotatable bonds is 4. The van der Waals surface area contributed by atoms with Gasteiger partial charge in [-0.1, -0.05) is 42.5 Å². The zero-order valence-electron chi connectivity index (χ0n) is 15.7. The predicted molar refractivity (Wildman–Crippen MR) is 107 cm³/mol. The Kier molecular flexibility index (Phi) is 5.05. The van der Waals surface area contributed by atoms with Gasteiger partial charge in [-0.15, -0.1) is 0 Å². The van der Waals surface area contributed by atoms with Gasteiger partial charge in [-0.3, -0.25) is 9.89 Å². The van der Waals surface area contributed by atoms with E-state index in [0.29, 0.717) is 6.10 Å². The van der Waals surface area contributed by atoms with Crippen LogP contribution >= 0.6 is 0 Å². The first-order valence-electron chi connectivity index (χ1n) is 9.49. The number of amidine groups is 1. The number of nitrogens with zero attached hydrogens (tertiary/aromatic N) is 3. The first-order valence-corrected chi connectivity index (χ1v) is 9.49. The molecule has 2 aromatic carbocycles. The van der Waals surface area contributed by atoms with E-state index in [4.69, 9.17) is 9.73 Å². The third-order valence-electron chi connectivity index (χ3n) is 5.19. The summed E-state index contributed by atoms with van der Waals surface area (Å²) in [6, 6.07) is 17.1. The maximum atomic E-state index is 5.84. The molecule has 0 aliphatic carbocycles. The van der Waals surface area contributed by atoms with Gasteiger partial charge >= 0.3 is 0 Å². The standard InChI is InChI=1S/C22H27N3O/c1-17-10-11-18(2)21(13-17)25-16-24(14-20-9-6-12-26-20)15-23-22(25)19-7-4-3-5-8-19/h3-5,7-8,10-11,13,20H,6,9,12,14-16H2,1-2H3/t20-/m0/s1. The molecule has 0 radical (unpaired) electrons. The van der Waals surface area contributed by atoms with E-state index >= 15 is 0 Å². The summed E-state index contributed by atoms with van der Waals surface area (Å²) in [7, 11) is 0. The third kappa shape index (κ3) is 3.67. The highest BCUT2D eigenvalue weighted by Gasteiger charge is 2.27. The van der Waals surface area contributed by atoms with Crippen molar-refractivity contribution in [1.82, 2.24) is 4.90 Å². The van der Waals surface area contributed by atoms with E-state index in [1.165, 1.54) is 28.8 Å². The lowest BCUT2D eigenvalue weighted by Crippen LogP contribution is -2.49.